The van der Waals surface area contributed by atoms with Gasteiger partial charge in [-0.25, -0.2) is 8.78 Å². The molecule has 0 spiro atoms. The predicted octanol–water partition coefficient (Wildman–Crippen LogP) is 3.36. The topological polar surface area (TPSA) is 23.8 Å². The van der Waals surface area contributed by atoms with Crippen LogP contribution >= 0.6 is 0 Å². The molecular weight excluding hydrogens is 172 g/mol. The quantitative estimate of drug-likeness (QED) is 0.650. The van der Waals surface area contributed by atoms with Gasteiger partial charge in [-0.2, -0.15) is 5.26 Å². The molecule has 0 aliphatic heterocycles. The molecule has 0 heterocycles. The lowest BCUT2D eigenvalue weighted by Crippen LogP contribution is -2.31. The molecule has 13 heavy (non-hydrogen) atoms. The van der Waals surface area contributed by atoms with Gasteiger partial charge in [0.25, 0.3) is 5.92 Å². The van der Waals surface area contributed by atoms with Crippen LogP contribution in [-0.2, 0) is 0 Å². The maximum Gasteiger partial charge on any atom is 0.261 e. The molecule has 1 saturated carbocycles. The molecule has 0 aromatic carbocycles. The van der Waals surface area contributed by atoms with Crippen LogP contribution < -0.4 is 0 Å². The summed E-state index contributed by atoms with van der Waals surface area (Å²) >= 11 is 0. The number of rotatable bonds is 2. The van der Waals surface area contributed by atoms with Crippen molar-refractivity contribution in [3.05, 3.63) is 0 Å². The molecule has 1 rings (SSSR count). The van der Waals surface area contributed by atoms with Crippen molar-refractivity contribution in [3.8, 4) is 6.07 Å². The lowest BCUT2D eigenvalue weighted by Gasteiger charge is -2.29. The van der Waals surface area contributed by atoms with Crippen molar-refractivity contribution in [2.45, 2.75) is 45.0 Å². The Bertz CT molecular complexity index is 196. The van der Waals surface area contributed by atoms with E-state index in [2.05, 4.69) is 0 Å². The van der Waals surface area contributed by atoms with Crippen molar-refractivity contribution in [1.82, 2.24) is 0 Å². The van der Waals surface area contributed by atoms with E-state index in [-0.39, 0.29) is 5.92 Å². The second kappa shape index (κ2) is 4.04. The number of halogens is 2. The lowest BCUT2D eigenvalue weighted by atomic mass is 9.78. The molecule has 1 atom stereocenters. The molecule has 0 N–H and O–H groups in total. The van der Waals surface area contributed by atoms with E-state index in [1.807, 2.05) is 0 Å². The van der Waals surface area contributed by atoms with Crippen LogP contribution in [0.4, 0.5) is 8.78 Å². The smallest absolute Gasteiger partial charge is 0.206 e. The van der Waals surface area contributed by atoms with Crippen LogP contribution in [0.15, 0.2) is 0 Å². The third-order valence-corrected chi connectivity index (χ3v) is 2.81. The summed E-state index contributed by atoms with van der Waals surface area (Å²) in [5.74, 6) is -4.00. The summed E-state index contributed by atoms with van der Waals surface area (Å²) in [5.41, 5.74) is 0. The van der Waals surface area contributed by atoms with Gasteiger partial charge in [0.05, 0.1) is 6.07 Å². The number of hydrogen-bond donors (Lipinski definition) is 0. The summed E-state index contributed by atoms with van der Waals surface area (Å²) in [6, 6.07) is 1.76. The molecule has 0 aromatic rings. The fraction of sp³-hybridized carbons (Fsp3) is 0.900. The van der Waals surface area contributed by atoms with Gasteiger partial charge in [-0.3, -0.25) is 0 Å². The molecule has 0 radical (unpaired) electrons. The summed E-state index contributed by atoms with van der Waals surface area (Å²) in [7, 11) is 0. The highest BCUT2D eigenvalue weighted by atomic mass is 19.3. The molecule has 0 saturated heterocycles. The van der Waals surface area contributed by atoms with Crippen LogP contribution in [0.25, 0.3) is 0 Å². The Kier molecular flexibility index (Phi) is 3.24. The van der Waals surface area contributed by atoms with E-state index < -0.39 is 11.8 Å². The number of alkyl halides is 2. The maximum atomic E-state index is 12.9. The first-order chi connectivity index (χ1) is 6.05. The van der Waals surface area contributed by atoms with Gasteiger partial charge in [0.15, 0.2) is 0 Å². The largest absolute Gasteiger partial charge is 0.261 e. The molecule has 0 amide bonds. The maximum absolute atomic E-state index is 12.9. The first-order valence-corrected chi connectivity index (χ1v) is 4.83. The third kappa shape index (κ3) is 2.65. The normalized spacial score (nSPS) is 22.3. The standard InChI is InChI=1S/C10H15F2N/c1-10(11,12)9(7-13)8-5-3-2-4-6-8/h8-9H,2-6H2,1H3. The van der Waals surface area contributed by atoms with E-state index in [1.165, 1.54) is 0 Å². The van der Waals surface area contributed by atoms with Gasteiger partial charge in [-0.05, 0) is 18.8 Å². The van der Waals surface area contributed by atoms with Crippen molar-refractivity contribution in [3.63, 3.8) is 0 Å². The second-order valence-corrected chi connectivity index (χ2v) is 3.96. The number of nitriles is 1. The van der Waals surface area contributed by atoms with Crippen molar-refractivity contribution >= 4 is 0 Å². The molecule has 1 unspecified atom stereocenters. The van der Waals surface area contributed by atoms with E-state index in [0.29, 0.717) is 0 Å². The molecule has 1 aliphatic carbocycles. The SMILES string of the molecule is CC(F)(F)C(C#N)C1CCCCC1. The third-order valence-electron chi connectivity index (χ3n) is 2.81. The van der Waals surface area contributed by atoms with Gasteiger partial charge in [-0.15, -0.1) is 0 Å². The first-order valence-electron chi connectivity index (χ1n) is 4.83. The van der Waals surface area contributed by atoms with Crippen molar-refractivity contribution in [1.29, 1.82) is 5.26 Å². The van der Waals surface area contributed by atoms with Gasteiger partial charge >= 0.3 is 0 Å². The van der Waals surface area contributed by atoms with E-state index >= 15 is 0 Å². The molecule has 0 aromatic heterocycles. The highest BCUT2D eigenvalue weighted by Crippen LogP contribution is 2.37. The Morgan fingerprint density at radius 1 is 1.31 bits per heavy atom. The van der Waals surface area contributed by atoms with Crippen LogP contribution in [0.2, 0.25) is 0 Å². The summed E-state index contributed by atoms with van der Waals surface area (Å²) in [6.45, 7) is 0.857. The summed E-state index contributed by atoms with van der Waals surface area (Å²) in [4.78, 5) is 0. The van der Waals surface area contributed by atoms with Crippen molar-refractivity contribution in [2.75, 3.05) is 0 Å². The average molecular weight is 187 g/mol. The zero-order valence-corrected chi connectivity index (χ0v) is 7.89. The van der Waals surface area contributed by atoms with E-state index in [9.17, 15) is 8.78 Å². The Hall–Kier alpha value is -0.650. The van der Waals surface area contributed by atoms with Gasteiger partial charge in [-0.1, -0.05) is 19.3 Å². The molecule has 0 bridgehead atoms. The summed E-state index contributed by atoms with van der Waals surface area (Å²) in [5, 5.41) is 8.68. The molecule has 1 nitrogen and oxygen atoms in total. The van der Waals surface area contributed by atoms with Gasteiger partial charge in [0.1, 0.15) is 5.92 Å². The molecule has 1 fully saturated rings. The molecule has 1 aliphatic rings. The van der Waals surface area contributed by atoms with Gasteiger partial charge < -0.3 is 0 Å². The Balaban J connectivity index is 2.61. The first kappa shape index (κ1) is 10.4. The van der Waals surface area contributed by atoms with E-state index in [4.69, 9.17) is 5.26 Å². The van der Waals surface area contributed by atoms with Crippen LogP contribution in [0, 0.1) is 23.2 Å². The predicted molar refractivity (Wildman–Crippen MR) is 46.3 cm³/mol. The van der Waals surface area contributed by atoms with Crippen molar-refractivity contribution < 1.29 is 8.78 Å². The molecule has 3 heteroatoms. The summed E-state index contributed by atoms with van der Waals surface area (Å²) < 4.78 is 25.9. The van der Waals surface area contributed by atoms with Gasteiger partial charge in [0.2, 0.25) is 0 Å². The minimum absolute atomic E-state index is 0.0845. The van der Waals surface area contributed by atoms with E-state index in [0.717, 1.165) is 39.0 Å². The number of hydrogen-bond acceptors (Lipinski definition) is 1. The van der Waals surface area contributed by atoms with Crippen LogP contribution in [0.5, 0.6) is 0 Å². The lowest BCUT2D eigenvalue weighted by molar-refractivity contribution is -0.0447. The summed E-state index contributed by atoms with van der Waals surface area (Å²) in [6.07, 6.45) is 4.71. The fourth-order valence-corrected chi connectivity index (χ4v) is 2.10. The monoisotopic (exact) mass is 187 g/mol. The van der Waals surface area contributed by atoms with E-state index in [1.54, 1.807) is 6.07 Å². The zero-order chi connectivity index (χ0) is 9.90. The Morgan fingerprint density at radius 3 is 2.23 bits per heavy atom. The Morgan fingerprint density at radius 2 is 1.85 bits per heavy atom. The zero-order valence-electron chi connectivity index (χ0n) is 7.89. The molecular formula is C10H15F2N. The highest BCUT2D eigenvalue weighted by Gasteiger charge is 2.40. The Labute approximate surface area is 77.7 Å². The van der Waals surface area contributed by atoms with Crippen LogP contribution in [-0.4, -0.2) is 5.92 Å². The molecule has 74 valence electrons. The fourth-order valence-electron chi connectivity index (χ4n) is 2.10. The minimum Gasteiger partial charge on any atom is -0.206 e. The van der Waals surface area contributed by atoms with Crippen molar-refractivity contribution in [2.24, 2.45) is 11.8 Å². The average Bonchev–Trinajstić information content (AvgIpc) is 2.05. The van der Waals surface area contributed by atoms with Crippen LogP contribution in [0.3, 0.4) is 0 Å². The highest BCUT2D eigenvalue weighted by molar-refractivity contribution is 4.96. The number of nitrogens with zero attached hydrogens (tertiary/aromatic N) is 1. The van der Waals surface area contributed by atoms with Gasteiger partial charge in [0, 0.05) is 6.92 Å². The minimum atomic E-state index is -2.84. The second-order valence-electron chi connectivity index (χ2n) is 3.96. The van der Waals surface area contributed by atoms with Crippen LogP contribution in [0.1, 0.15) is 39.0 Å².